The Labute approximate surface area is 117 Å². The molecule has 1 rings (SSSR count). The average molecular weight is 288 g/mol. The van der Waals surface area contributed by atoms with E-state index >= 15 is 0 Å². The molecule has 0 bridgehead atoms. The number of benzene rings is 1. The van der Waals surface area contributed by atoms with Gasteiger partial charge in [0.2, 0.25) is 0 Å². The van der Waals surface area contributed by atoms with Crippen molar-refractivity contribution in [3.05, 3.63) is 35.7 Å². The summed E-state index contributed by atoms with van der Waals surface area (Å²) in [6.45, 7) is 0.859. The zero-order chi connectivity index (χ0) is 15.2. The Morgan fingerprint density at radius 3 is 2.60 bits per heavy atom. The van der Waals surface area contributed by atoms with Gasteiger partial charge >= 0.3 is 6.61 Å². The lowest BCUT2D eigenvalue weighted by molar-refractivity contribution is -0.0502. The van der Waals surface area contributed by atoms with Crippen molar-refractivity contribution in [1.29, 1.82) is 0 Å². The number of hydrogen-bond acceptors (Lipinski definition) is 4. The summed E-state index contributed by atoms with van der Waals surface area (Å²) in [4.78, 5) is 0. The molecule has 20 heavy (non-hydrogen) atoms. The summed E-state index contributed by atoms with van der Waals surface area (Å²) in [5.74, 6) is 0.0233. The number of halogens is 2. The van der Waals surface area contributed by atoms with Crippen LogP contribution >= 0.6 is 0 Å². The predicted molar refractivity (Wildman–Crippen MR) is 71.6 cm³/mol. The maximum atomic E-state index is 12.4. The van der Waals surface area contributed by atoms with Crippen LogP contribution in [0.25, 0.3) is 0 Å². The summed E-state index contributed by atoms with van der Waals surface area (Å²) < 4.78 is 29.2. The number of hydrogen-bond donors (Lipinski definition) is 3. The van der Waals surface area contributed by atoms with Crippen LogP contribution < -0.4 is 10.1 Å². The van der Waals surface area contributed by atoms with Crippen LogP contribution in [0.3, 0.4) is 0 Å². The van der Waals surface area contributed by atoms with Crippen LogP contribution in [0.15, 0.2) is 18.2 Å². The van der Waals surface area contributed by atoms with Crippen molar-refractivity contribution < 1.29 is 23.7 Å². The van der Waals surface area contributed by atoms with E-state index in [0.717, 1.165) is 5.56 Å². The van der Waals surface area contributed by atoms with Crippen LogP contribution in [0.1, 0.15) is 25.0 Å². The molecule has 0 aliphatic heterocycles. The highest BCUT2D eigenvalue weighted by Gasteiger charge is 2.16. The van der Waals surface area contributed by atoms with Crippen LogP contribution in [0, 0.1) is 6.42 Å². The summed E-state index contributed by atoms with van der Waals surface area (Å²) in [6, 6.07) is 4.85. The molecule has 4 nitrogen and oxygen atoms in total. The van der Waals surface area contributed by atoms with E-state index in [-0.39, 0.29) is 19.0 Å². The quantitative estimate of drug-likeness (QED) is 0.681. The van der Waals surface area contributed by atoms with Crippen molar-refractivity contribution >= 4 is 0 Å². The predicted octanol–water partition coefficient (Wildman–Crippen LogP) is 1.69. The molecule has 0 aromatic heterocycles. The Balaban J connectivity index is 2.83. The van der Waals surface area contributed by atoms with Crippen LogP contribution in [0.5, 0.6) is 5.75 Å². The van der Waals surface area contributed by atoms with Gasteiger partial charge in [0, 0.05) is 24.1 Å². The highest BCUT2D eigenvalue weighted by molar-refractivity contribution is 5.42. The topological polar surface area (TPSA) is 61.7 Å². The largest absolute Gasteiger partial charge is 0.435 e. The lowest BCUT2D eigenvalue weighted by Gasteiger charge is -2.24. The van der Waals surface area contributed by atoms with E-state index < -0.39 is 12.2 Å². The van der Waals surface area contributed by atoms with E-state index in [1.165, 1.54) is 12.5 Å². The minimum Gasteiger partial charge on any atom is -0.435 e. The van der Waals surface area contributed by atoms with Crippen molar-refractivity contribution in [3.8, 4) is 5.75 Å². The molecule has 0 aliphatic rings. The van der Waals surface area contributed by atoms with Gasteiger partial charge in [0.25, 0.3) is 0 Å². The molecule has 0 aliphatic carbocycles. The molecular weight excluding hydrogens is 268 g/mol. The highest BCUT2D eigenvalue weighted by Crippen LogP contribution is 2.24. The van der Waals surface area contributed by atoms with Gasteiger partial charge in [0.1, 0.15) is 5.75 Å². The molecule has 0 fully saturated rings. The van der Waals surface area contributed by atoms with Gasteiger partial charge in [-0.25, -0.2) is 0 Å². The maximum absolute atomic E-state index is 12.4. The third kappa shape index (κ3) is 5.40. The Hall–Kier alpha value is -1.24. The van der Waals surface area contributed by atoms with Gasteiger partial charge in [-0.3, -0.25) is 0 Å². The molecule has 113 valence electrons. The van der Waals surface area contributed by atoms with Gasteiger partial charge < -0.3 is 20.3 Å². The smallest absolute Gasteiger partial charge is 0.387 e. The van der Waals surface area contributed by atoms with Crippen LogP contribution in [0.2, 0.25) is 0 Å². The summed E-state index contributed by atoms with van der Waals surface area (Å²) >= 11 is 0. The lowest BCUT2D eigenvalue weighted by Crippen LogP contribution is -2.42. The van der Waals surface area contributed by atoms with Crippen molar-refractivity contribution in [1.82, 2.24) is 5.32 Å². The molecule has 1 aromatic rings. The molecule has 0 heterocycles. The van der Waals surface area contributed by atoms with Gasteiger partial charge in [-0.05, 0) is 25.5 Å². The number of nitrogens with one attached hydrogen (secondary N) is 1. The van der Waals surface area contributed by atoms with E-state index in [4.69, 9.17) is 10.2 Å². The molecule has 0 atom stereocenters. The standard InChI is InChI=1S/C14H20F2NO3/c1-14(2,9-19)17-8-10-3-4-11(5-6-18)12(7-10)20-13(15)16/h3-5,7,13,17-19H,6,8-9H2,1-2H3. The first-order valence-electron chi connectivity index (χ1n) is 6.25. The monoisotopic (exact) mass is 288 g/mol. The zero-order valence-electron chi connectivity index (χ0n) is 11.6. The van der Waals surface area contributed by atoms with E-state index in [0.29, 0.717) is 12.1 Å². The van der Waals surface area contributed by atoms with E-state index in [2.05, 4.69) is 10.1 Å². The van der Waals surface area contributed by atoms with Gasteiger partial charge in [-0.2, -0.15) is 8.78 Å². The van der Waals surface area contributed by atoms with Crippen LogP contribution in [-0.2, 0) is 6.54 Å². The Morgan fingerprint density at radius 2 is 2.05 bits per heavy atom. The maximum Gasteiger partial charge on any atom is 0.387 e. The van der Waals surface area contributed by atoms with Gasteiger partial charge in [0.05, 0.1) is 13.2 Å². The lowest BCUT2D eigenvalue weighted by atomic mass is 10.0. The average Bonchev–Trinajstić information content (AvgIpc) is 2.39. The van der Waals surface area contributed by atoms with Crippen LogP contribution in [0.4, 0.5) is 8.78 Å². The fourth-order valence-corrected chi connectivity index (χ4v) is 1.55. The van der Waals surface area contributed by atoms with Crippen molar-refractivity contribution in [2.75, 3.05) is 13.2 Å². The van der Waals surface area contributed by atoms with E-state index in [1.54, 1.807) is 12.1 Å². The molecular formula is C14H20F2NO3. The number of alkyl halides is 2. The summed E-state index contributed by atoms with van der Waals surface area (Å²) in [7, 11) is 0. The second-order valence-corrected chi connectivity index (χ2v) is 5.03. The number of aliphatic hydroxyl groups excluding tert-OH is 2. The molecule has 0 spiro atoms. The highest BCUT2D eigenvalue weighted by atomic mass is 19.3. The molecule has 6 heteroatoms. The van der Waals surface area contributed by atoms with E-state index in [1.807, 2.05) is 13.8 Å². The SMILES string of the molecule is CC(C)(CO)NCc1ccc([CH]CO)c(OC(F)F)c1. The molecule has 1 aromatic carbocycles. The minimum absolute atomic E-state index is 0.0233. The minimum atomic E-state index is -2.92. The zero-order valence-corrected chi connectivity index (χ0v) is 11.6. The third-order valence-corrected chi connectivity index (χ3v) is 2.77. The molecule has 0 saturated carbocycles. The summed E-state index contributed by atoms with van der Waals surface area (Å²) in [5, 5.41) is 21.1. The fourth-order valence-electron chi connectivity index (χ4n) is 1.55. The van der Waals surface area contributed by atoms with Crippen molar-refractivity contribution in [2.45, 2.75) is 32.5 Å². The normalized spacial score (nSPS) is 11.9. The van der Waals surface area contributed by atoms with Gasteiger partial charge in [-0.1, -0.05) is 12.1 Å². The first-order chi connectivity index (χ1) is 9.38. The van der Waals surface area contributed by atoms with E-state index in [9.17, 15) is 8.78 Å². The van der Waals surface area contributed by atoms with Crippen LogP contribution in [-0.4, -0.2) is 35.6 Å². The van der Waals surface area contributed by atoms with Crippen molar-refractivity contribution in [2.24, 2.45) is 0 Å². The number of rotatable bonds is 8. The first kappa shape index (κ1) is 16.8. The molecule has 0 amide bonds. The van der Waals surface area contributed by atoms with Gasteiger partial charge in [-0.15, -0.1) is 0 Å². The second kappa shape index (κ2) is 7.52. The Morgan fingerprint density at radius 1 is 1.35 bits per heavy atom. The Kier molecular flexibility index (Phi) is 6.32. The fraction of sp³-hybridized carbons (Fsp3) is 0.500. The molecule has 3 N–H and O–H groups in total. The molecule has 0 unspecified atom stereocenters. The second-order valence-electron chi connectivity index (χ2n) is 5.03. The van der Waals surface area contributed by atoms with Crippen molar-refractivity contribution in [3.63, 3.8) is 0 Å². The molecule has 0 saturated heterocycles. The summed E-state index contributed by atoms with van der Waals surface area (Å²) in [5.41, 5.74) is 0.704. The third-order valence-electron chi connectivity index (χ3n) is 2.77. The molecule has 1 radical (unpaired) electrons. The Bertz CT molecular complexity index is 425. The van der Waals surface area contributed by atoms with Gasteiger partial charge in [0.15, 0.2) is 0 Å². The number of aliphatic hydroxyl groups is 2. The first-order valence-corrected chi connectivity index (χ1v) is 6.25. The summed E-state index contributed by atoms with van der Waals surface area (Å²) in [6.07, 6.45) is 1.40. The number of ether oxygens (including phenoxy) is 1.